The van der Waals surface area contributed by atoms with Crippen molar-refractivity contribution in [3.63, 3.8) is 0 Å². The van der Waals surface area contributed by atoms with Crippen LogP contribution < -0.4 is 5.32 Å². The number of aliphatic hydroxyl groups excluding tert-OH is 1. The average Bonchev–Trinajstić information content (AvgIpc) is 2.57. The maximum atomic E-state index is 12.5. The van der Waals surface area contributed by atoms with Crippen LogP contribution in [0.15, 0.2) is 12.4 Å². The van der Waals surface area contributed by atoms with Gasteiger partial charge in [0.2, 0.25) is 5.95 Å². The van der Waals surface area contributed by atoms with Gasteiger partial charge in [0.25, 0.3) is 0 Å². The van der Waals surface area contributed by atoms with E-state index < -0.39 is 5.82 Å². The van der Waals surface area contributed by atoms with Gasteiger partial charge in [-0.1, -0.05) is 0 Å². The maximum absolute atomic E-state index is 12.5. The van der Waals surface area contributed by atoms with Crippen LogP contribution in [0.2, 0.25) is 0 Å². The molecular weight excluding hydrogens is 211 g/mol. The van der Waals surface area contributed by atoms with Gasteiger partial charge in [0, 0.05) is 19.1 Å². The Bertz CT molecular complexity index is 345. The van der Waals surface area contributed by atoms with Gasteiger partial charge in [0.05, 0.1) is 18.5 Å². The molecule has 1 aliphatic rings. The molecule has 2 N–H and O–H groups in total. The first-order valence-corrected chi connectivity index (χ1v) is 5.25. The highest BCUT2D eigenvalue weighted by Gasteiger charge is 2.27. The van der Waals surface area contributed by atoms with Crippen LogP contribution in [0.3, 0.4) is 0 Å². The molecule has 1 aromatic rings. The number of hydrogen-bond acceptors (Lipinski definition) is 5. The Balaban J connectivity index is 1.85. The van der Waals surface area contributed by atoms with E-state index in [1.165, 1.54) is 0 Å². The molecule has 0 radical (unpaired) electrons. The second-order valence-corrected chi connectivity index (χ2v) is 4.09. The molecule has 16 heavy (non-hydrogen) atoms. The third kappa shape index (κ3) is 2.65. The quantitative estimate of drug-likeness (QED) is 0.765. The van der Waals surface area contributed by atoms with Gasteiger partial charge in [0.15, 0.2) is 5.82 Å². The second kappa shape index (κ2) is 4.71. The summed E-state index contributed by atoms with van der Waals surface area (Å²) in [5, 5.41) is 12.5. The molecule has 0 saturated carbocycles. The van der Waals surface area contributed by atoms with Gasteiger partial charge in [-0.15, -0.1) is 0 Å². The minimum absolute atomic E-state index is 0.258. The van der Waals surface area contributed by atoms with E-state index in [1.54, 1.807) is 0 Å². The predicted octanol–water partition coefficient (Wildman–Crippen LogP) is 0.0926. The largest absolute Gasteiger partial charge is 0.392 e. The van der Waals surface area contributed by atoms with E-state index in [1.807, 2.05) is 7.05 Å². The fourth-order valence-corrected chi connectivity index (χ4v) is 1.90. The number of nitrogens with zero attached hydrogens (tertiary/aromatic N) is 3. The molecule has 2 atom stereocenters. The number of aliphatic hydroxyl groups is 1. The lowest BCUT2D eigenvalue weighted by Crippen LogP contribution is -2.31. The highest BCUT2D eigenvalue weighted by Crippen LogP contribution is 2.15. The SMILES string of the molecule is CN1C[C@H](O)C[C@H]1CNc1ncc(F)cn1. The number of anilines is 1. The molecule has 88 valence electrons. The molecule has 2 rings (SSSR count). The van der Waals surface area contributed by atoms with Crippen molar-refractivity contribution in [3.05, 3.63) is 18.2 Å². The minimum Gasteiger partial charge on any atom is -0.392 e. The summed E-state index contributed by atoms with van der Waals surface area (Å²) in [4.78, 5) is 9.69. The van der Waals surface area contributed by atoms with Crippen molar-refractivity contribution in [2.45, 2.75) is 18.6 Å². The van der Waals surface area contributed by atoms with Gasteiger partial charge >= 0.3 is 0 Å². The standard InChI is InChI=1S/C10H15FN4O/c1-15-6-9(16)2-8(15)5-14-10-12-3-7(11)4-13-10/h3-4,8-9,16H,2,5-6H2,1H3,(H,12,13,14)/t8-,9+/m0/s1. The Morgan fingerprint density at radius 2 is 2.25 bits per heavy atom. The Morgan fingerprint density at radius 3 is 2.81 bits per heavy atom. The number of likely N-dealkylation sites (tertiary alicyclic amines) is 1. The van der Waals surface area contributed by atoms with Crippen LogP contribution in [0, 0.1) is 5.82 Å². The van der Waals surface area contributed by atoms with Gasteiger partial charge < -0.3 is 10.4 Å². The minimum atomic E-state index is -0.445. The van der Waals surface area contributed by atoms with Crippen molar-refractivity contribution in [2.75, 3.05) is 25.5 Å². The van der Waals surface area contributed by atoms with E-state index in [0.29, 0.717) is 19.0 Å². The number of aromatic nitrogens is 2. The van der Waals surface area contributed by atoms with Crippen molar-refractivity contribution in [2.24, 2.45) is 0 Å². The topological polar surface area (TPSA) is 61.3 Å². The number of hydrogen-bond donors (Lipinski definition) is 2. The molecule has 2 heterocycles. The number of nitrogens with one attached hydrogen (secondary N) is 1. The predicted molar refractivity (Wildman–Crippen MR) is 57.5 cm³/mol. The van der Waals surface area contributed by atoms with Crippen LogP contribution in [0.5, 0.6) is 0 Å². The molecule has 0 aromatic carbocycles. The summed E-state index contributed by atoms with van der Waals surface area (Å²) in [6.45, 7) is 1.34. The molecular formula is C10H15FN4O. The van der Waals surface area contributed by atoms with Crippen LogP contribution in [-0.4, -0.2) is 52.3 Å². The summed E-state index contributed by atoms with van der Waals surface area (Å²) in [6.07, 6.45) is 2.74. The monoisotopic (exact) mass is 226 g/mol. The molecule has 1 fully saturated rings. The lowest BCUT2D eigenvalue weighted by molar-refractivity contribution is 0.182. The summed E-state index contributed by atoms with van der Waals surface area (Å²) in [7, 11) is 1.97. The first-order chi connectivity index (χ1) is 7.65. The highest BCUT2D eigenvalue weighted by molar-refractivity contribution is 5.23. The van der Waals surface area contributed by atoms with E-state index in [2.05, 4.69) is 20.2 Å². The summed E-state index contributed by atoms with van der Waals surface area (Å²) in [5.41, 5.74) is 0. The van der Waals surface area contributed by atoms with E-state index in [9.17, 15) is 9.50 Å². The molecule has 0 aliphatic carbocycles. The highest BCUT2D eigenvalue weighted by atomic mass is 19.1. The zero-order chi connectivity index (χ0) is 11.5. The van der Waals surface area contributed by atoms with Crippen LogP contribution in [0.1, 0.15) is 6.42 Å². The number of likely N-dealkylation sites (N-methyl/N-ethyl adjacent to an activating group) is 1. The average molecular weight is 226 g/mol. The van der Waals surface area contributed by atoms with Crippen molar-refractivity contribution in [1.29, 1.82) is 0 Å². The van der Waals surface area contributed by atoms with Gasteiger partial charge in [-0.3, -0.25) is 4.90 Å². The van der Waals surface area contributed by atoms with Crippen LogP contribution in [0.4, 0.5) is 10.3 Å². The van der Waals surface area contributed by atoms with Crippen LogP contribution >= 0.6 is 0 Å². The molecule has 0 spiro atoms. The molecule has 5 nitrogen and oxygen atoms in total. The Labute approximate surface area is 93.3 Å². The van der Waals surface area contributed by atoms with E-state index in [0.717, 1.165) is 18.8 Å². The molecule has 1 saturated heterocycles. The second-order valence-electron chi connectivity index (χ2n) is 4.09. The van der Waals surface area contributed by atoms with Gasteiger partial charge in [-0.25, -0.2) is 14.4 Å². The summed E-state index contributed by atoms with van der Waals surface area (Å²) in [6, 6.07) is 0.267. The van der Waals surface area contributed by atoms with Gasteiger partial charge in [-0.05, 0) is 13.5 Å². The first kappa shape index (κ1) is 11.2. The van der Waals surface area contributed by atoms with E-state index in [4.69, 9.17) is 0 Å². The van der Waals surface area contributed by atoms with Crippen molar-refractivity contribution in [3.8, 4) is 0 Å². The zero-order valence-corrected chi connectivity index (χ0v) is 9.10. The van der Waals surface area contributed by atoms with Crippen LogP contribution in [0.25, 0.3) is 0 Å². The fraction of sp³-hybridized carbons (Fsp3) is 0.600. The summed E-state index contributed by atoms with van der Waals surface area (Å²) in [5.74, 6) is -0.0323. The first-order valence-electron chi connectivity index (χ1n) is 5.25. The number of β-amino-alcohol motifs (C(OH)–C–C–N with tert-alkyl or cyclic N) is 1. The van der Waals surface area contributed by atoms with Crippen molar-refractivity contribution < 1.29 is 9.50 Å². The lowest BCUT2D eigenvalue weighted by atomic mass is 10.2. The Morgan fingerprint density at radius 1 is 1.56 bits per heavy atom. The van der Waals surface area contributed by atoms with Gasteiger partial charge in [-0.2, -0.15) is 0 Å². The smallest absolute Gasteiger partial charge is 0.222 e. The number of rotatable bonds is 3. The van der Waals surface area contributed by atoms with E-state index in [-0.39, 0.29) is 12.1 Å². The third-order valence-corrected chi connectivity index (χ3v) is 2.78. The van der Waals surface area contributed by atoms with Crippen molar-refractivity contribution in [1.82, 2.24) is 14.9 Å². The molecule has 1 aliphatic heterocycles. The molecule has 0 bridgehead atoms. The lowest BCUT2D eigenvalue weighted by Gasteiger charge is -2.18. The molecule has 1 aromatic heterocycles. The normalized spacial score (nSPS) is 25.9. The van der Waals surface area contributed by atoms with E-state index >= 15 is 0 Å². The third-order valence-electron chi connectivity index (χ3n) is 2.78. The Kier molecular flexibility index (Phi) is 3.31. The number of halogens is 1. The Hall–Kier alpha value is -1.27. The van der Waals surface area contributed by atoms with Crippen molar-refractivity contribution >= 4 is 5.95 Å². The zero-order valence-electron chi connectivity index (χ0n) is 9.10. The summed E-state index contributed by atoms with van der Waals surface area (Å²) >= 11 is 0. The maximum Gasteiger partial charge on any atom is 0.222 e. The summed E-state index contributed by atoms with van der Waals surface area (Å²) < 4.78 is 12.5. The molecule has 0 amide bonds. The molecule has 0 unspecified atom stereocenters. The van der Waals surface area contributed by atoms with Crippen LogP contribution in [-0.2, 0) is 0 Å². The van der Waals surface area contributed by atoms with Gasteiger partial charge in [0.1, 0.15) is 0 Å². The fourth-order valence-electron chi connectivity index (χ4n) is 1.90. The molecule has 6 heteroatoms.